The minimum absolute atomic E-state index is 0.589. The summed E-state index contributed by atoms with van der Waals surface area (Å²) in [6.07, 6.45) is 6.58. The van der Waals surface area contributed by atoms with Gasteiger partial charge in [-0.3, -0.25) is 0 Å². The molecule has 0 aromatic carbocycles. The van der Waals surface area contributed by atoms with Crippen molar-refractivity contribution in [2.24, 2.45) is 0 Å². The lowest BCUT2D eigenvalue weighted by atomic mass is 10.2. The van der Waals surface area contributed by atoms with E-state index in [4.69, 9.17) is 11.3 Å². The van der Waals surface area contributed by atoms with Crippen LogP contribution in [0.2, 0.25) is 0 Å². The Morgan fingerprint density at radius 1 is 1.30 bits per heavy atom. The summed E-state index contributed by atoms with van der Waals surface area (Å²) >= 11 is 0. The van der Waals surface area contributed by atoms with Gasteiger partial charge >= 0.3 is 0 Å². The van der Waals surface area contributed by atoms with E-state index in [-0.39, 0.29) is 0 Å². The molecule has 0 atom stereocenters. The van der Waals surface area contributed by atoms with Crippen LogP contribution in [-0.2, 0) is 4.74 Å². The van der Waals surface area contributed by atoms with Crippen molar-refractivity contribution in [2.45, 2.75) is 32.6 Å². The smallest absolute Gasteiger partial charge is 0.0650 e. The Hall–Kier alpha value is -0.300. The maximum atomic E-state index is 5.15. The van der Waals surface area contributed by atoms with Crippen LogP contribution in [0.4, 0.5) is 0 Å². The highest BCUT2D eigenvalue weighted by atomic mass is 16.5. The number of hydrogen-bond donors (Lipinski definition) is 0. The maximum absolute atomic E-state index is 5.15. The molecule has 0 aromatic rings. The average molecular weight is 141 g/mol. The molecule has 0 amide bonds. The van der Waals surface area contributed by atoms with Crippen molar-refractivity contribution in [1.82, 2.24) is 0 Å². The third kappa shape index (κ3) is 7.70. The molecule has 0 saturated carbocycles. The lowest BCUT2D eigenvalue weighted by Gasteiger charge is -1.98. The van der Waals surface area contributed by atoms with E-state index in [1.165, 1.54) is 25.7 Å². The SMILES string of the molecule is [CH]=CCOCCCCCC. The number of hydrogen-bond acceptors (Lipinski definition) is 1. The van der Waals surface area contributed by atoms with Gasteiger partial charge in [-0.1, -0.05) is 38.8 Å². The normalized spacial score (nSPS) is 9.70. The third-order valence-corrected chi connectivity index (χ3v) is 1.36. The second-order valence-corrected chi connectivity index (χ2v) is 2.37. The third-order valence-electron chi connectivity index (χ3n) is 1.36. The second-order valence-electron chi connectivity index (χ2n) is 2.37. The van der Waals surface area contributed by atoms with Crippen LogP contribution in [-0.4, -0.2) is 13.2 Å². The standard InChI is InChI=1S/C9H17O/c1-3-5-6-7-9-10-8-4-2/h2,4H,3,5-9H2,1H3. The summed E-state index contributed by atoms with van der Waals surface area (Å²) in [5.74, 6) is 0. The molecule has 0 unspecified atom stereocenters. The molecule has 0 heterocycles. The van der Waals surface area contributed by atoms with E-state index in [1.807, 2.05) is 0 Å². The van der Waals surface area contributed by atoms with Crippen LogP contribution in [0, 0.1) is 6.58 Å². The second kappa shape index (κ2) is 8.70. The van der Waals surface area contributed by atoms with Gasteiger partial charge < -0.3 is 4.74 Å². The van der Waals surface area contributed by atoms with Crippen molar-refractivity contribution in [3.8, 4) is 0 Å². The highest BCUT2D eigenvalue weighted by molar-refractivity contribution is 4.58. The zero-order valence-electron chi connectivity index (χ0n) is 6.81. The number of rotatable bonds is 7. The molecule has 0 bridgehead atoms. The molecule has 1 radical (unpaired) electrons. The summed E-state index contributed by atoms with van der Waals surface area (Å²) in [5, 5.41) is 0. The molecule has 0 rings (SSSR count). The van der Waals surface area contributed by atoms with Crippen LogP contribution in [0.3, 0.4) is 0 Å². The minimum Gasteiger partial charge on any atom is -0.377 e. The Kier molecular flexibility index (Phi) is 8.44. The van der Waals surface area contributed by atoms with Crippen molar-refractivity contribution >= 4 is 0 Å². The van der Waals surface area contributed by atoms with Crippen molar-refractivity contribution < 1.29 is 4.74 Å². The van der Waals surface area contributed by atoms with Gasteiger partial charge in [0.15, 0.2) is 0 Å². The lowest BCUT2D eigenvalue weighted by Crippen LogP contribution is -1.93. The van der Waals surface area contributed by atoms with Crippen molar-refractivity contribution in [3.05, 3.63) is 12.7 Å². The van der Waals surface area contributed by atoms with Gasteiger partial charge in [-0.2, -0.15) is 0 Å². The Bertz CT molecular complexity index is 69.1. The Morgan fingerprint density at radius 3 is 2.70 bits per heavy atom. The van der Waals surface area contributed by atoms with E-state index in [0.717, 1.165) is 6.61 Å². The molecule has 0 aliphatic rings. The largest absolute Gasteiger partial charge is 0.377 e. The van der Waals surface area contributed by atoms with Gasteiger partial charge in [0.05, 0.1) is 6.61 Å². The Balaban J connectivity index is 2.70. The first kappa shape index (κ1) is 9.70. The van der Waals surface area contributed by atoms with Crippen LogP contribution >= 0.6 is 0 Å². The molecule has 1 heteroatoms. The van der Waals surface area contributed by atoms with Crippen LogP contribution in [0.15, 0.2) is 6.08 Å². The Labute approximate surface area is 64.1 Å². The van der Waals surface area contributed by atoms with Gasteiger partial charge in [0, 0.05) is 6.61 Å². The van der Waals surface area contributed by atoms with E-state index < -0.39 is 0 Å². The lowest BCUT2D eigenvalue weighted by molar-refractivity contribution is 0.157. The van der Waals surface area contributed by atoms with E-state index in [1.54, 1.807) is 6.08 Å². The molecule has 1 nitrogen and oxygen atoms in total. The van der Waals surface area contributed by atoms with Gasteiger partial charge in [-0.25, -0.2) is 0 Å². The fraction of sp³-hybridized carbons (Fsp3) is 0.778. The summed E-state index contributed by atoms with van der Waals surface area (Å²) in [6.45, 7) is 8.77. The van der Waals surface area contributed by atoms with E-state index in [9.17, 15) is 0 Å². The summed E-state index contributed by atoms with van der Waals surface area (Å²) in [6, 6.07) is 0. The summed E-state index contributed by atoms with van der Waals surface area (Å²) in [4.78, 5) is 0. The van der Waals surface area contributed by atoms with Crippen LogP contribution < -0.4 is 0 Å². The average Bonchev–Trinajstić information content (AvgIpc) is 1.97. The molecule has 0 aliphatic heterocycles. The van der Waals surface area contributed by atoms with Gasteiger partial charge in [-0.05, 0) is 6.42 Å². The van der Waals surface area contributed by atoms with Crippen molar-refractivity contribution in [2.75, 3.05) is 13.2 Å². The molecular formula is C9H17O. The maximum Gasteiger partial charge on any atom is 0.0650 e. The first-order valence-electron chi connectivity index (χ1n) is 4.03. The zero-order valence-corrected chi connectivity index (χ0v) is 6.81. The zero-order chi connectivity index (χ0) is 7.66. The fourth-order valence-electron chi connectivity index (χ4n) is 0.782. The quantitative estimate of drug-likeness (QED) is 0.495. The van der Waals surface area contributed by atoms with Gasteiger partial charge in [0.25, 0.3) is 0 Å². The number of unbranched alkanes of at least 4 members (excludes halogenated alkanes) is 3. The van der Waals surface area contributed by atoms with E-state index >= 15 is 0 Å². The molecular weight excluding hydrogens is 124 g/mol. The summed E-state index contributed by atoms with van der Waals surface area (Å²) in [7, 11) is 0. The van der Waals surface area contributed by atoms with Crippen LogP contribution in [0.25, 0.3) is 0 Å². The van der Waals surface area contributed by atoms with Crippen LogP contribution in [0.5, 0.6) is 0 Å². The molecule has 0 aliphatic carbocycles. The predicted molar refractivity (Wildman–Crippen MR) is 43.8 cm³/mol. The monoisotopic (exact) mass is 141 g/mol. The van der Waals surface area contributed by atoms with Gasteiger partial charge in [-0.15, -0.1) is 0 Å². The first-order chi connectivity index (χ1) is 4.91. The molecule has 0 aromatic heterocycles. The van der Waals surface area contributed by atoms with Crippen LogP contribution in [0.1, 0.15) is 32.6 Å². The molecule has 59 valence electrons. The van der Waals surface area contributed by atoms with Gasteiger partial charge in [0.1, 0.15) is 0 Å². The summed E-state index contributed by atoms with van der Waals surface area (Å²) < 4.78 is 5.15. The molecule has 0 fully saturated rings. The topological polar surface area (TPSA) is 9.23 Å². The van der Waals surface area contributed by atoms with Gasteiger partial charge in [0.2, 0.25) is 0 Å². The molecule has 10 heavy (non-hydrogen) atoms. The highest BCUT2D eigenvalue weighted by Crippen LogP contribution is 1.98. The first-order valence-corrected chi connectivity index (χ1v) is 4.03. The van der Waals surface area contributed by atoms with E-state index in [2.05, 4.69) is 6.92 Å². The van der Waals surface area contributed by atoms with Crippen molar-refractivity contribution in [1.29, 1.82) is 0 Å². The highest BCUT2D eigenvalue weighted by Gasteiger charge is 1.85. The van der Waals surface area contributed by atoms with Crippen molar-refractivity contribution in [3.63, 3.8) is 0 Å². The molecule has 0 spiro atoms. The number of ether oxygens (including phenoxy) is 1. The van der Waals surface area contributed by atoms with E-state index in [0.29, 0.717) is 6.61 Å². The Morgan fingerprint density at radius 2 is 2.10 bits per heavy atom. The minimum atomic E-state index is 0.589. The molecule has 0 saturated heterocycles. The molecule has 0 N–H and O–H groups in total. The predicted octanol–water partition coefficient (Wildman–Crippen LogP) is 2.57. The summed E-state index contributed by atoms with van der Waals surface area (Å²) in [5.41, 5.74) is 0. The fourth-order valence-corrected chi connectivity index (χ4v) is 0.782.